The summed E-state index contributed by atoms with van der Waals surface area (Å²) in [6.45, 7) is 5.30. The van der Waals surface area contributed by atoms with Crippen LogP contribution in [0.25, 0.3) is 0 Å². The van der Waals surface area contributed by atoms with E-state index in [-0.39, 0.29) is 6.04 Å². The molecule has 6 heteroatoms. The number of nitrogens with one attached hydrogen (secondary N) is 1. The summed E-state index contributed by atoms with van der Waals surface area (Å²) in [7, 11) is -1.47. The Morgan fingerprint density at radius 1 is 1.40 bits per heavy atom. The minimum atomic E-state index is -3.35. The maximum atomic E-state index is 12.9. The Labute approximate surface area is 126 Å². The molecule has 114 valence electrons. The highest BCUT2D eigenvalue weighted by Crippen LogP contribution is 2.31. The van der Waals surface area contributed by atoms with E-state index in [4.69, 9.17) is 0 Å². The lowest BCUT2D eigenvalue weighted by Gasteiger charge is -2.26. The zero-order valence-corrected chi connectivity index (χ0v) is 14.1. The van der Waals surface area contributed by atoms with Crippen molar-refractivity contribution < 1.29 is 8.42 Å². The smallest absolute Gasteiger partial charge is 0.244 e. The predicted molar refractivity (Wildman–Crippen MR) is 83.6 cm³/mol. The van der Waals surface area contributed by atoms with Crippen molar-refractivity contribution in [3.63, 3.8) is 0 Å². The molecule has 1 aliphatic rings. The van der Waals surface area contributed by atoms with Crippen LogP contribution in [0.5, 0.6) is 0 Å². The minimum absolute atomic E-state index is 0.106. The summed E-state index contributed by atoms with van der Waals surface area (Å²) in [5, 5.41) is 3.08. The molecule has 1 saturated heterocycles. The van der Waals surface area contributed by atoms with Crippen LogP contribution in [0.3, 0.4) is 0 Å². The number of nitrogens with zero attached hydrogens (tertiary/aromatic N) is 1. The Bertz CT molecular complexity index is 552. The molecule has 2 heterocycles. The third kappa shape index (κ3) is 3.24. The van der Waals surface area contributed by atoms with Gasteiger partial charge in [-0.1, -0.05) is 12.8 Å². The number of hydrogen-bond acceptors (Lipinski definition) is 4. The Morgan fingerprint density at radius 3 is 2.85 bits per heavy atom. The number of aryl methyl sites for hydroxylation is 1. The van der Waals surface area contributed by atoms with Gasteiger partial charge in [0.1, 0.15) is 0 Å². The molecular weight excluding hydrogens is 292 g/mol. The van der Waals surface area contributed by atoms with Crippen molar-refractivity contribution in [3.05, 3.63) is 15.8 Å². The first kappa shape index (κ1) is 15.9. The van der Waals surface area contributed by atoms with Crippen LogP contribution < -0.4 is 5.32 Å². The first-order valence-corrected chi connectivity index (χ1v) is 9.48. The standard InChI is InChI=1S/C14H24N2O2S2/c1-11-7-5-4-6-8-16(11)20(17,18)14-9-13(10-15-3)19-12(14)2/h9,11,15H,4-8,10H2,1-3H3. The van der Waals surface area contributed by atoms with Gasteiger partial charge in [-0.2, -0.15) is 4.31 Å². The van der Waals surface area contributed by atoms with Crippen LogP contribution in [0.1, 0.15) is 42.4 Å². The SMILES string of the molecule is CNCc1cc(S(=O)(=O)N2CCCCCC2C)c(C)s1. The molecular formula is C14H24N2O2S2. The van der Waals surface area contributed by atoms with Crippen molar-refractivity contribution in [3.8, 4) is 0 Å². The molecule has 0 bridgehead atoms. The minimum Gasteiger partial charge on any atom is -0.315 e. The highest BCUT2D eigenvalue weighted by atomic mass is 32.2. The average molecular weight is 316 g/mol. The fourth-order valence-corrected chi connectivity index (χ4v) is 6.09. The number of thiophene rings is 1. The predicted octanol–water partition coefficient (Wildman–Crippen LogP) is 2.73. The van der Waals surface area contributed by atoms with Gasteiger partial charge in [-0.25, -0.2) is 8.42 Å². The molecule has 1 fully saturated rings. The zero-order valence-electron chi connectivity index (χ0n) is 12.5. The maximum Gasteiger partial charge on any atom is 0.244 e. The summed E-state index contributed by atoms with van der Waals surface area (Å²) in [5.41, 5.74) is 0. The summed E-state index contributed by atoms with van der Waals surface area (Å²) in [6, 6.07) is 1.94. The number of sulfonamides is 1. The molecule has 1 aromatic rings. The summed E-state index contributed by atoms with van der Waals surface area (Å²) < 4.78 is 27.5. The van der Waals surface area contributed by atoms with Crippen LogP contribution in [0.4, 0.5) is 0 Å². The molecule has 1 aromatic heterocycles. The summed E-state index contributed by atoms with van der Waals surface area (Å²) in [4.78, 5) is 2.47. The van der Waals surface area contributed by atoms with E-state index < -0.39 is 10.0 Å². The van der Waals surface area contributed by atoms with Gasteiger partial charge >= 0.3 is 0 Å². The molecule has 20 heavy (non-hydrogen) atoms. The summed E-state index contributed by atoms with van der Waals surface area (Å²) in [5.74, 6) is 0. The summed E-state index contributed by atoms with van der Waals surface area (Å²) in [6.07, 6.45) is 4.19. The molecule has 1 N–H and O–H groups in total. The molecule has 0 aromatic carbocycles. The molecule has 1 aliphatic heterocycles. The van der Waals surface area contributed by atoms with Crippen LogP contribution in [0.2, 0.25) is 0 Å². The van der Waals surface area contributed by atoms with Gasteiger partial charge in [0.2, 0.25) is 10.0 Å². The third-order valence-corrected chi connectivity index (χ3v) is 7.17. The van der Waals surface area contributed by atoms with Gasteiger partial charge in [-0.3, -0.25) is 0 Å². The fraction of sp³-hybridized carbons (Fsp3) is 0.714. The number of hydrogen-bond donors (Lipinski definition) is 1. The second-order valence-corrected chi connectivity index (χ2v) is 8.68. The normalized spacial score (nSPS) is 21.9. The van der Waals surface area contributed by atoms with Crippen molar-refractivity contribution in [2.75, 3.05) is 13.6 Å². The van der Waals surface area contributed by atoms with Crippen molar-refractivity contribution in [2.45, 2.75) is 57.0 Å². The quantitative estimate of drug-likeness (QED) is 0.929. The summed E-state index contributed by atoms with van der Waals surface area (Å²) >= 11 is 1.57. The largest absolute Gasteiger partial charge is 0.315 e. The van der Waals surface area contributed by atoms with Crippen molar-refractivity contribution in [2.24, 2.45) is 0 Å². The maximum absolute atomic E-state index is 12.9. The molecule has 1 unspecified atom stereocenters. The Morgan fingerprint density at radius 2 is 2.15 bits per heavy atom. The molecule has 2 rings (SSSR count). The van der Waals surface area contributed by atoms with Crippen LogP contribution in [0.15, 0.2) is 11.0 Å². The number of rotatable bonds is 4. The first-order valence-electron chi connectivity index (χ1n) is 7.22. The Balaban J connectivity index is 2.33. The van der Waals surface area contributed by atoms with Gasteiger partial charge in [0, 0.05) is 28.9 Å². The Hall–Kier alpha value is -0.430. The topological polar surface area (TPSA) is 49.4 Å². The first-order chi connectivity index (χ1) is 9.46. The lowest BCUT2D eigenvalue weighted by Crippen LogP contribution is -2.38. The van der Waals surface area contributed by atoms with E-state index in [1.165, 1.54) is 0 Å². The van der Waals surface area contributed by atoms with Crippen LogP contribution in [-0.4, -0.2) is 32.4 Å². The van der Waals surface area contributed by atoms with Crippen LogP contribution >= 0.6 is 11.3 Å². The van der Waals surface area contributed by atoms with E-state index in [1.807, 2.05) is 27.0 Å². The molecule has 0 radical (unpaired) electrons. The molecule has 4 nitrogen and oxygen atoms in total. The second kappa shape index (κ2) is 6.56. The lowest BCUT2D eigenvalue weighted by molar-refractivity contribution is 0.342. The van der Waals surface area contributed by atoms with Gasteiger partial charge in [-0.05, 0) is 39.8 Å². The van der Waals surface area contributed by atoms with Gasteiger partial charge in [-0.15, -0.1) is 11.3 Å². The van der Waals surface area contributed by atoms with E-state index in [9.17, 15) is 8.42 Å². The van der Waals surface area contributed by atoms with Crippen molar-refractivity contribution in [1.29, 1.82) is 0 Å². The zero-order chi connectivity index (χ0) is 14.8. The van der Waals surface area contributed by atoms with E-state index in [0.29, 0.717) is 11.4 Å². The molecule has 0 saturated carbocycles. The van der Waals surface area contributed by atoms with Crippen LogP contribution in [0, 0.1) is 6.92 Å². The Kier molecular flexibility index (Phi) is 5.23. The van der Waals surface area contributed by atoms with E-state index in [1.54, 1.807) is 15.6 Å². The van der Waals surface area contributed by atoms with Crippen molar-refractivity contribution >= 4 is 21.4 Å². The van der Waals surface area contributed by atoms with E-state index >= 15 is 0 Å². The molecule has 0 amide bonds. The fourth-order valence-electron chi connectivity index (χ4n) is 2.77. The van der Waals surface area contributed by atoms with Crippen LogP contribution in [-0.2, 0) is 16.6 Å². The van der Waals surface area contributed by atoms with Gasteiger partial charge < -0.3 is 5.32 Å². The highest BCUT2D eigenvalue weighted by molar-refractivity contribution is 7.89. The van der Waals surface area contributed by atoms with Gasteiger partial charge in [0.25, 0.3) is 0 Å². The monoisotopic (exact) mass is 316 g/mol. The van der Waals surface area contributed by atoms with E-state index in [0.717, 1.165) is 42.0 Å². The van der Waals surface area contributed by atoms with Gasteiger partial charge in [0.05, 0.1) is 4.90 Å². The van der Waals surface area contributed by atoms with Gasteiger partial charge in [0.15, 0.2) is 0 Å². The molecule has 0 spiro atoms. The highest BCUT2D eigenvalue weighted by Gasteiger charge is 2.32. The third-order valence-electron chi connectivity index (χ3n) is 3.85. The lowest BCUT2D eigenvalue weighted by atomic mass is 10.1. The molecule has 1 atom stereocenters. The average Bonchev–Trinajstić information content (AvgIpc) is 2.61. The van der Waals surface area contributed by atoms with Crippen molar-refractivity contribution in [1.82, 2.24) is 9.62 Å². The second-order valence-electron chi connectivity index (χ2n) is 5.48. The molecule has 0 aliphatic carbocycles. The van der Waals surface area contributed by atoms with E-state index in [2.05, 4.69) is 5.32 Å².